The van der Waals surface area contributed by atoms with Crippen LogP contribution in [0.3, 0.4) is 0 Å². The molecule has 3 rings (SSSR count). The van der Waals surface area contributed by atoms with Crippen LogP contribution in [0.25, 0.3) is 0 Å². The third-order valence-electron chi connectivity index (χ3n) is 3.89. The number of rotatable bonds is 4. The maximum Gasteiger partial charge on any atom is 0.208 e. The fourth-order valence-electron chi connectivity index (χ4n) is 2.53. The molecule has 2 aromatic rings. The van der Waals surface area contributed by atoms with E-state index >= 15 is 0 Å². The molecule has 1 saturated heterocycles. The van der Waals surface area contributed by atoms with Gasteiger partial charge < -0.3 is 4.90 Å². The molecule has 118 valence electrons. The van der Waals surface area contributed by atoms with Gasteiger partial charge in [-0.25, -0.2) is 0 Å². The third kappa shape index (κ3) is 3.77. The van der Waals surface area contributed by atoms with E-state index in [-0.39, 0.29) is 0 Å². The number of aromatic nitrogens is 2. The SMILES string of the molecule is CC(C)c1nnc(N2CCN(Cc3ccc(Cl)cc3)CC2)s1. The maximum absolute atomic E-state index is 5.93. The topological polar surface area (TPSA) is 32.3 Å². The largest absolute Gasteiger partial charge is 0.344 e. The van der Waals surface area contributed by atoms with Gasteiger partial charge in [0.1, 0.15) is 5.01 Å². The van der Waals surface area contributed by atoms with Crippen LogP contribution in [-0.4, -0.2) is 41.3 Å². The predicted octanol–water partition coefficient (Wildman–Crippen LogP) is 3.64. The molecular formula is C16H21ClN4S. The van der Waals surface area contributed by atoms with Crippen LogP contribution in [0.2, 0.25) is 5.02 Å². The highest BCUT2D eigenvalue weighted by Gasteiger charge is 2.20. The van der Waals surface area contributed by atoms with Crippen molar-refractivity contribution in [1.29, 1.82) is 0 Å². The van der Waals surface area contributed by atoms with Crippen molar-refractivity contribution in [2.75, 3.05) is 31.1 Å². The van der Waals surface area contributed by atoms with Crippen LogP contribution in [-0.2, 0) is 6.54 Å². The molecule has 1 aliphatic heterocycles. The Labute approximate surface area is 140 Å². The number of hydrogen-bond acceptors (Lipinski definition) is 5. The second-order valence-corrected chi connectivity index (χ2v) is 7.39. The molecule has 0 bridgehead atoms. The lowest BCUT2D eigenvalue weighted by Crippen LogP contribution is -2.45. The van der Waals surface area contributed by atoms with Crippen LogP contribution in [0.15, 0.2) is 24.3 Å². The number of piperazine rings is 1. The molecule has 1 fully saturated rings. The second-order valence-electron chi connectivity index (χ2n) is 5.97. The first-order valence-corrected chi connectivity index (χ1v) is 8.86. The van der Waals surface area contributed by atoms with E-state index in [2.05, 4.69) is 46.0 Å². The molecule has 4 nitrogen and oxygen atoms in total. The van der Waals surface area contributed by atoms with Crippen molar-refractivity contribution in [3.63, 3.8) is 0 Å². The van der Waals surface area contributed by atoms with Crippen LogP contribution in [0, 0.1) is 0 Å². The Balaban J connectivity index is 1.54. The third-order valence-corrected chi connectivity index (χ3v) is 5.42. The fourth-order valence-corrected chi connectivity index (χ4v) is 3.56. The summed E-state index contributed by atoms with van der Waals surface area (Å²) in [4.78, 5) is 4.83. The number of halogens is 1. The zero-order chi connectivity index (χ0) is 15.5. The highest BCUT2D eigenvalue weighted by molar-refractivity contribution is 7.15. The Kier molecular flexibility index (Phi) is 4.96. The molecular weight excluding hydrogens is 316 g/mol. The van der Waals surface area contributed by atoms with Gasteiger partial charge in [-0.1, -0.05) is 48.9 Å². The van der Waals surface area contributed by atoms with Gasteiger partial charge in [0.2, 0.25) is 5.13 Å². The smallest absolute Gasteiger partial charge is 0.208 e. The lowest BCUT2D eigenvalue weighted by Gasteiger charge is -2.34. The summed E-state index contributed by atoms with van der Waals surface area (Å²) in [6.45, 7) is 9.44. The van der Waals surface area contributed by atoms with Crippen molar-refractivity contribution in [3.8, 4) is 0 Å². The molecule has 1 aromatic heterocycles. The molecule has 0 amide bonds. The lowest BCUT2D eigenvalue weighted by atomic mass is 10.2. The number of hydrogen-bond donors (Lipinski definition) is 0. The maximum atomic E-state index is 5.93. The predicted molar refractivity (Wildman–Crippen MR) is 92.9 cm³/mol. The summed E-state index contributed by atoms with van der Waals surface area (Å²) in [6, 6.07) is 8.13. The van der Waals surface area contributed by atoms with Gasteiger partial charge in [0, 0.05) is 43.7 Å². The number of benzene rings is 1. The first-order valence-electron chi connectivity index (χ1n) is 7.67. The van der Waals surface area contributed by atoms with Crippen molar-refractivity contribution in [3.05, 3.63) is 39.9 Å². The van der Waals surface area contributed by atoms with Crippen LogP contribution >= 0.6 is 22.9 Å². The second kappa shape index (κ2) is 6.94. The summed E-state index contributed by atoms with van der Waals surface area (Å²) in [7, 11) is 0. The quantitative estimate of drug-likeness (QED) is 0.853. The highest BCUT2D eigenvalue weighted by atomic mass is 35.5. The molecule has 1 aromatic carbocycles. The van der Waals surface area contributed by atoms with Crippen LogP contribution in [0.1, 0.15) is 30.3 Å². The van der Waals surface area contributed by atoms with Gasteiger partial charge in [-0.05, 0) is 17.7 Å². The standard InChI is InChI=1S/C16H21ClN4S/c1-12(2)15-18-19-16(22-15)21-9-7-20(8-10-21)11-13-3-5-14(17)6-4-13/h3-6,12H,7-11H2,1-2H3. The van der Waals surface area contributed by atoms with E-state index < -0.39 is 0 Å². The molecule has 0 spiro atoms. The van der Waals surface area contributed by atoms with Crippen LogP contribution in [0.5, 0.6) is 0 Å². The molecule has 0 radical (unpaired) electrons. The number of nitrogens with zero attached hydrogens (tertiary/aromatic N) is 4. The van der Waals surface area contributed by atoms with Crippen molar-refractivity contribution < 1.29 is 0 Å². The van der Waals surface area contributed by atoms with Gasteiger partial charge in [0.05, 0.1) is 0 Å². The summed E-state index contributed by atoms with van der Waals surface area (Å²) in [6.07, 6.45) is 0. The van der Waals surface area contributed by atoms with E-state index in [0.29, 0.717) is 5.92 Å². The van der Waals surface area contributed by atoms with Crippen molar-refractivity contribution in [2.45, 2.75) is 26.3 Å². The van der Waals surface area contributed by atoms with Crippen molar-refractivity contribution >= 4 is 28.1 Å². The Morgan fingerprint density at radius 3 is 2.36 bits per heavy atom. The van der Waals surface area contributed by atoms with Gasteiger partial charge in [-0.3, -0.25) is 4.90 Å². The minimum absolute atomic E-state index is 0.456. The summed E-state index contributed by atoms with van der Waals surface area (Å²) >= 11 is 7.66. The van der Waals surface area contributed by atoms with E-state index in [9.17, 15) is 0 Å². The zero-order valence-corrected chi connectivity index (χ0v) is 14.6. The Bertz CT molecular complexity index is 603. The van der Waals surface area contributed by atoms with Gasteiger partial charge in [0.25, 0.3) is 0 Å². The molecule has 0 saturated carbocycles. The minimum Gasteiger partial charge on any atom is -0.344 e. The fraction of sp³-hybridized carbons (Fsp3) is 0.500. The zero-order valence-electron chi connectivity index (χ0n) is 13.0. The molecule has 0 unspecified atom stereocenters. The van der Waals surface area contributed by atoms with E-state index in [4.69, 9.17) is 11.6 Å². The first-order chi connectivity index (χ1) is 10.6. The lowest BCUT2D eigenvalue weighted by molar-refractivity contribution is 0.249. The van der Waals surface area contributed by atoms with Crippen molar-refractivity contribution in [2.24, 2.45) is 0 Å². The van der Waals surface area contributed by atoms with E-state index in [1.807, 2.05) is 12.1 Å². The van der Waals surface area contributed by atoms with E-state index in [1.54, 1.807) is 11.3 Å². The Hall–Kier alpha value is -1.17. The molecule has 0 atom stereocenters. The molecule has 0 N–H and O–H groups in total. The van der Waals surface area contributed by atoms with Crippen LogP contribution < -0.4 is 4.90 Å². The summed E-state index contributed by atoms with van der Waals surface area (Å²) in [5, 5.41) is 11.6. The van der Waals surface area contributed by atoms with Gasteiger partial charge in [-0.15, -0.1) is 10.2 Å². The highest BCUT2D eigenvalue weighted by Crippen LogP contribution is 2.26. The molecule has 0 aliphatic carbocycles. The molecule has 22 heavy (non-hydrogen) atoms. The minimum atomic E-state index is 0.456. The average molecular weight is 337 g/mol. The Morgan fingerprint density at radius 1 is 1.09 bits per heavy atom. The summed E-state index contributed by atoms with van der Waals surface area (Å²) in [5.41, 5.74) is 1.32. The average Bonchev–Trinajstić information content (AvgIpc) is 3.00. The Morgan fingerprint density at radius 2 is 1.77 bits per heavy atom. The molecule has 6 heteroatoms. The molecule has 1 aliphatic rings. The number of anilines is 1. The van der Waals surface area contributed by atoms with Gasteiger partial charge >= 0.3 is 0 Å². The summed E-state index contributed by atoms with van der Waals surface area (Å²) < 4.78 is 0. The molecule has 2 heterocycles. The summed E-state index contributed by atoms with van der Waals surface area (Å²) in [5.74, 6) is 0.456. The van der Waals surface area contributed by atoms with Gasteiger partial charge in [0.15, 0.2) is 0 Å². The van der Waals surface area contributed by atoms with Gasteiger partial charge in [-0.2, -0.15) is 0 Å². The normalized spacial score (nSPS) is 16.5. The van der Waals surface area contributed by atoms with E-state index in [0.717, 1.165) is 47.9 Å². The van der Waals surface area contributed by atoms with Crippen molar-refractivity contribution in [1.82, 2.24) is 15.1 Å². The first kappa shape index (κ1) is 15.7. The van der Waals surface area contributed by atoms with E-state index in [1.165, 1.54) is 5.56 Å². The van der Waals surface area contributed by atoms with Crippen LogP contribution in [0.4, 0.5) is 5.13 Å². The monoisotopic (exact) mass is 336 g/mol.